The summed E-state index contributed by atoms with van der Waals surface area (Å²) < 4.78 is 6.68. The monoisotopic (exact) mass is 712 g/mol. The standard InChI is InChI=1S/C55H36O/c1-55(2)48-31-26-35(32-47(48)45-27-24-34-25-28-46-39-18-12-13-23-49(39)56-54(46)51(34)53(45)55)50-40-19-8-10-21-42(40)52(43-22-11-9-20-41(43)50)44-30-29-36(33-14-4-3-5-15-33)37-16-6-7-17-38(37)44/h3-32H,1-2H3. The molecule has 0 bridgehead atoms. The van der Waals surface area contributed by atoms with Crippen LogP contribution in [0.4, 0.5) is 0 Å². The Morgan fingerprint density at radius 1 is 0.375 bits per heavy atom. The molecule has 0 fully saturated rings. The largest absolute Gasteiger partial charge is 0.455 e. The highest BCUT2D eigenvalue weighted by Crippen LogP contribution is 2.55. The maximum absolute atomic E-state index is 6.68. The Labute approximate surface area is 325 Å². The predicted molar refractivity (Wildman–Crippen MR) is 238 cm³/mol. The second-order valence-corrected chi connectivity index (χ2v) is 15.9. The van der Waals surface area contributed by atoms with Crippen LogP contribution in [0.5, 0.6) is 0 Å². The fourth-order valence-corrected chi connectivity index (χ4v) is 10.2. The summed E-state index contributed by atoms with van der Waals surface area (Å²) in [6.45, 7) is 4.76. The quantitative estimate of drug-likeness (QED) is 0.166. The number of hydrogen-bond acceptors (Lipinski definition) is 1. The van der Waals surface area contributed by atoms with Gasteiger partial charge in [-0.3, -0.25) is 0 Å². The van der Waals surface area contributed by atoms with Crippen LogP contribution < -0.4 is 0 Å². The van der Waals surface area contributed by atoms with Crippen LogP contribution in [0.2, 0.25) is 0 Å². The number of rotatable bonds is 3. The molecule has 0 saturated heterocycles. The fraction of sp³-hybridized carbons (Fsp3) is 0.0545. The smallest absolute Gasteiger partial charge is 0.143 e. The lowest BCUT2D eigenvalue weighted by atomic mass is 9.79. The van der Waals surface area contributed by atoms with Crippen molar-refractivity contribution >= 4 is 65.0 Å². The topological polar surface area (TPSA) is 13.1 Å². The van der Waals surface area contributed by atoms with Crippen LogP contribution >= 0.6 is 0 Å². The summed E-state index contributed by atoms with van der Waals surface area (Å²) in [7, 11) is 0. The molecule has 0 amide bonds. The first-order valence-electron chi connectivity index (χ1n) is 19.6. The van der Waals surface area contributed by atoms with Crippen LogP contribution in [0.1, 0.15) is 25.0 Å². The number of fused-ring (bicyclic) bond motifs is 12. The Morgan fingerprint density at radius 2 is 0.929 bits per heavy atom. The molecular formula is C55H36O. The van der Waals surface area contributed by atoms with E-state index in [-0.39, 0.29) is 5.41 Å². The van der Waals surface area contributed by atoms with E-state index in [1.165, 1.54) is 109 Å². The van der Waals surface area contributed by atoms with Gasteiger partial charge in [0.15, 0.2) is 0 Å². The summed E-state index contributed by atoms with van der Waals surface area (Å²) >= 11 is 0. The van der Waals surface area contributed by atoms with E-state index in [0.717, 1.165) is 11.2 Å². The molecule has 262 valence electrons. The number of para-hydroxylation sites is 1. The van der Waals surface area contributed by atoms with Gasteiger partial charge in [0.1, 0.15) is 11.2 Å². The van der Waals surface area contributed by atoms with Gasteiger partial charge in [0.25, 0.3) is 0 Å². The maximum atomic E-state index is 6.68. The molecule has 12 rings (SSSR count). The molecule has 0 saturated carbocycles. The highest BCUT2D eigenvalue weighted by atomic mass is 16.3. The Kier molecular flexibility index (Phi) is 6.46. The lowest BCUT2D eigenvalue weighted by Gasteiger charge is -2.23. The summed E-state index contributed by atoms with van der Waals surface area (Å²) in [6, 6.07) is 67.1. The average Bonchev–Trinajstić information content (AvgIpc) is 3.74. The molecule has 0 aliphatic heterocycles. The van der Waals surface area contributed by atoms with Crippen molar-refractivity contribution in [3.05, 3.63) is 193 Å². The van der Waals surface area contributed by atoms with Crippen molar-refractivity contribution in [2.45, 2.75) is 19.3 Å². The van der Waals surface area contributed by atoms with E-state index in [0.29, 0.717) is 0 Å². The van der Waals surface area contributed by atoms with Crippen LogP contribution in [0.3, 0.4) is 0 Å². The van der Waals surface area contributed by atoms with Crippen LogP contribution in [-0.4, -0.2) is 0 Å². The van der Waals surface area contributed by atoms with Gasteiger partial charge in [-0.15, -0.1) is 0 Å². The fourth-order valence-electron chi connectivity index (χ4n) is 10.2. The number of benzene rings is 10. The first kappa shape index (κ1) is 31.4. The third kappa shape index (κ3) is 4.26. The van der Waals surface area contributed by atoms with Crippen molar-refractivity contribution < 1.29 is 4.42 Å². The summed E-state index contributed by atoms with van der Waals surface area (Å²) in [6.07, 6.45) is 0. The van der Waals surface area contributed by atoms with Crippen molar-refractivity contribution in [2.75, 3.05) is 0 Å². The first-order chi connectivity index (χ1) is 27.6. The maximum Gasteiger partial charge on any atom is 0.143 e. The SMILES string of the molecule is CC1(C)c2ccc(-c3c4ccccc4c(-c4ccc(-c5ccccc5)c5ccccc45)c4ccccc34)cc2-c2ccc3ccc4c5ccccc5oc4c3c21. The van der Waals surface area contributed by atoms with Crippen molar-refractivity contribution in [1.29, 1.82) is 0 Å². The summed E-state index contributed by atoms with van der Waals surface area (Å²) in [5.74, 6) is 0. The van der Waals surface area contributed by atoms with Gasteiger partial charge in [-0.1, -0.05) is 178 Å². The molecular weight excluding hydrogens is 677 g/mol. The lowest BCUT2D eigenvalue weighted by Crippen LogP contribution is -2.15. The highest BCUT2D eigenvalue weighted by molar-refractivity contribution is 6.24. The molecule has 0 atom stereocenters. The number of hydrogen-bond donors (Lipinski definition) is 0. The van der Waals surface area contributed by atoms with Gasteiger partial charge < -0.3 is 4.42 Å². The van der Waals surface area contributed by atoms with E-state index in [4.69, 9.17) is 4.42 Å². The molecule has 1 heteroatoms. The molecule has 11 aromatic rings. The molecule has 10 aromatic carbocycles. The zero-order valence-electron chi connectivity index (χ0n) is 31.2. The minimum atomic E-state index is -0.211. The van der Waals surface area contributed by atoms with Crippen LogP contribution in [-0.2, 0) is 5.41 Å². The molecule has 1 nitrogen and oxygen atoms in total. The van der Waals surface area contributed by atoms with Crippen molar-refractivity contribution in [1.82, 2.24) is 0 Å². The normalized spacial score (nSPS) is 13.3. The van der Waals surface area contributed by atoms with Gasteiger partial charge in [0.2, 0.25) is 0 Å². The summed E-state index contributed by atoms with van der Waals surface area (Å²) in [4.78, 5) is 0. The minimum Gasteiger partial charge on any atom is -0.455 e. The van der Waals surface area contributed by atoms with E-state index >= 15 is 0 Å². The zero-order chi connectivity index (χ0) is 37.1. The van der Waals surface area contributed by atoms with Gasteiger partial charge in [-0.2, -0.15) is 0 Å². The van der Waals surface area contributed by atoms with E-state index in [1.54, 1.807) is 0 Å². The second kappa shape index (κ2) is 11.5. The van der Waals surface area contributed by atoms with Crippen LogP contribution in [0.25, 0.3) is 110 Å². The number of furan rings is 1. The molecule has 1 aliphatic carbocycles. The Balaban J connectivity index is 1.11. The molecule has 56 heavy (non-hydrogen) atoms. The average molecular weight is 713 g/mol. The molecule has 0 radical (unpaired) electrons. The Hall–Kier alpha value is -6.96. The highest BCUT2D eigenvalue weighted by Gasteiger charge is 2.38. The Morgan fingerprint density at radius 3 is 1.64 bits per heavy atom. The van der Waals surface area contributed by atoms with E-state index in [2.05, 4.69) is 196 Å². The molecule has 0 spiro atoms. The summed E-state index contributed by atoms with van der Waals surface area (Å²) in [5, 5.41) is 12.4. The zero-order valence-corrected chi connectivity index (χ0v) is 31.2. The second-order valence-electron chi connectivity index (χ2n) is 15.9. The molecule has 0 N–H and O–H groups in total. The summed E-state index contributed by atoms with van der Waals surface area (Å²) in [5.41, 5.74) is 14.5. The third-order valence-corrected chi connectivity index (χ3v) is 12.6. The van der Waals surface area contributed by atoms with Crippen molar-refractivity contribution in [3.63, 3.8) is 0 Å². The van der Waals surface area contributed by atoms with Crippen molar-refractivity contribution in [2.24, 2.45) is 0 Å². The third-order valence-electron chi connectivity index (χ3n) is 12.6. The first-order valence-corrected chi connectivity index (χ1v) is 19.6. The molecule has 0 unspecified atom stereocenters. The van der Waals surface area contributed by atoms with Gasteiger partial charge >= 0.3 is 0 Å². The predicted octanol–water partition coefficient (Wildman–Crippen LogP) is 15.5. The lowest BCUT2D eigenvalue weighted by molar-refractivity contribution is 0.656. The van der Waals surface area contributed by atoms with Crippen LogP contribution in [0, 0.1) is 0 Å². The molecule has 1 heterocycles. The molecule has 1 aromatic heterocycles. The van der Waals surface area contributed by atoms with Crippen molar-refractivity contribution in [3.8, 4) is 44.5 Å². The van der Waals surface area contributed by atoms with Gasteiger partial charge in [-0.25, -0.2) is 0 Å². The van der Waals surface area contributed by atoms with E-state index < -0.39 is 0 Å². The Bertz CT molecular complexity index is 3380. The van der Waals surface area contributed by atoms with Gasteiger partial charge in [-0.05, 0) is 112 Å². The van der Waals surface area contributed by atoms with E-state index in [1.807, 2.05) is 0 Å². The minimum absolute atomic E-state index is 0.211. The van der Waals surface area contributed by atoms with Gasteiger partial charge in [0.05, 0.1) is 0 Å². The van der Waals surface area contributed by atoms with Gasteiger partial charge in [0, 0.05) is 21.6 Å². The van der Waals surface area contributed by atoms with E-state index in [9.17, 15) is 0 Å². The van der Waals surface area contributed by atoms with Crippen LogP contribution in [0.15, 0.2) is 186 Å². The molecule has 1 aliphatic rings.